The van der Waals surface area contributed by atoms with E-state index in [2.05, 4.69) is 0 Å². The van der Waals surface area contributed by atoms with Crippen LogP contribution >= 0.6 is 0 Å². The van der Waals surface area contributed by atoms with Crippen molar-refractivity contribution < 1.29 is 149 Å². The Hall–Kier alpha value is -2.38. The van der Waals surface area contributed by atoms with E-state index in [0.717, 1.165) is 27.7 Å². The fraction of sp³-hybridized carbons (Fsp3) is 1.00. The van der Waals surface area contributed by atoms with Gasteiger partial charge in [-0.3, -0.25) is 0 Å². The van der Waals surface area contributed by atoms with Gasteiger partial charge in [0.25, 0.3) is 0 Å². The molecule has 34 heteroatoms. The van der Waals surface area contributed by atoms with E-state index < -0.39 is 133 Å². The van der Waals surface area contributed by atoms with Crippen LogP contribution in [-0.4, -0.2) is 95.3 Å². The second-order valence-corrected chi connectivity index (χ2v) is 13.2. The molecular weight excluding hydrogens is 958 g/mol. The number of alkyl halides is 34. The minimum atomic E-state index is -8.57. The maximum atomic E-state index is 13.4. The second kappa shape index (κ2) is 16.3. The molecule has 0 nitrogen and oxygen atoms in total. The zero-order valence-electron chi connectivity index (χ0n) is 28.8. The van der Waals surface area contributed by atoms with E-state index in [4.69, 9.17) is 0 Å². The highest BCUT2D eigenvalue weighted by atomic mass is 19.4. The van der Waals surface area contributed by atoms with Crippen LogP contribution in [0.4, 0.5) is 149 Å². The van der Waals surface area contributed by atoms with Gasteiger partial charge in [0.2, 0.25) is 0 Å². The number of rotatable bonds is 18. The molecule has 0 saturated carbocycles. The van der Waals surface area contributed by atoms with Gasteiger partial charge in [-0.1, -0.05) is 27.7 Å². The van der Waals surface area contributed by atoms with Crippen molar-refractivity contribution in [3.8, 4) is 0 Å². The maximum absolute atomic E-state index is 13.4. The SMILES string of the molecule is CC(C)CCC(F)(F)C(F)(F)C(F)(F)C(F)(F)C(F)(F)C(F)(F)C(F)(F)C(F)(F)F.CC(C)CCC(F)(F)C(F)(F)C(F)(F)C(F)(F)C(F)(F)C(F)(F)C(F)(F)C(F)(F)F. The lowest BCUT2D eigenvalue weighted by Gasteiger charge is -2.42. The summed E-state index contributed by atoms with van der Waals surface area (Å²) < 4.78 is 440. The van der Waals surface area contributed by atoms with Crippen LogP contribution < -0.4 is 0 Å². The van der Waals surface area contributed by atoms with Crippen LogP contribution in [-0.2, 0) is 0 Å². The Morgan fingerprint density at radius 1 is 0.217 bits per heavy atom. The summed E-state index contributed by atoms with van der Waals surface area (Å²) in [6.07, 6.45) is -22.4. The largest absolute Gasteiger partial charge is 0.460 e. The summed E-state index contributed by atoms with van der Waals surface area (Å²) in [6.45, 7) is 4.15. The molecule has 0 aliphatic carbocycles. The smallest absolute Gasteiger partial charge is 0.200 e. The highest BCUT2D eigenvalue weighted by Crippen LogP contribution is 2.66. The zero-order chi connectivity index (χ0) is 50.0. The molecule has 0 aromatic carbocycles. The molecule has 0 bridgehead atoms. The molecule has 0 aliphatic heterocycles. The van der Waals surface area contributed by atoms with Crippen molar-refractivity contribution in [2.24, 2.45) is 11.8 Å². The number of hydrogen-bond donors (Lipinski definition) is 0. The first-order chi connectivity index (χ1) is 25.3. The molecule has 0 N–H and O–H groups in total. The van der Waals surface area contributed by atoms with Gasteiger partial charge in [0.1, 0.15) is 0 Å². The maximum Gasteiger partial charge on any atom is 0.460 e. The van der Waals surface area contributed by atoms with Gasteiger partial charge in [-0.05, 0) is 24.7 Å². The third kappa shape index (κ3) is 9.02. The van der Waals surface area contributed by atoms with E-state index in [0.29, 0.717) is 0 Å². The molecule has 0 unspecified atom stereocenters. The van der Waals surface area contributed by atoms with E-state index in [1.54, 1.807) is 0 Å². The van der Waals surface area contributed by atoms with E-state index in [9.17, 15) is 149 Å². The number of halogens is 34. The van der Waals surface area contributed by atoms with E-state index in [-0.39, 0.29) is 0 Å². The molecule has 0 aromatic rings. The molecule has 0 saturated heterocycles. The van der Waals surface area contributed by atoms with E-state index >= 15 is 0 Å². The van der Waals surface area contributed by atoms with Gasteiger partial charge in [0.05, 0.1) is 0 Å². The molecule has 60 heavy (non-hydrogen) atoms. The molecule has 0 atom stereocenters. The van der Waals surface area contributed by atoms with Crippen molar-refractivity contribution in [1.82, 2.24) is 0 Å². The summed E-state index contributed by atoms with van der Waals surface area (Å²) in [6, 6.07) is 0. The van der Waals surface area contributed by atoms with Gasteiger partial charge in [-0.25, -0.2) is 0 Å². The fourth-order valence-corrected chi connectivity index (χ4v) is 3.65. The minimum absolute atomic E-state index is 0.975. The Labute approximate surface area is 310 Å². The summed E-state index contributed by atoms with van der Waals surface area (Å²) in [5.41, 5.74) is 0. The van der Waals surface area contributed by atoms with Crippen molar-refractivity contribution in [1.29, 1.82) is 0 Å². The molecule has 364 valence electrons. The lowest BCUT2D eigenvalue weighted by atomic mass is 9.87. The molecular formula is C26H22F34. The summed E-state index contributed by atoms with van der Waals surface area (Å²) in [7, 11) is 0. The van der Waals surface area contributed by atoms with Crippen LogP contribution in [0.1, 0.15) is 53.4 Å². The molecule has 0 rings (SSSR count). The Morgan fingerprint density at radius 3 is 0.483 bits per heavy atom. The van der Waals surface area contributed by atoms with Crippen molar-refractivity contribution in [3.05, 3.63) is 0 Å². The molecule has 0 fully saturated rings. The third-order valence-electron chi connectivity index (χ3n) is 7.65. The van der Waals surface area contributed by atoms with Crippen LogP contribution in [0.3, 0.4) is 0 Å². The van der Waals surface area contributed by atoms with Gasteiger partial charge < -0.3 is 0 Å². The Kier molecular flexibility index (Phi) is 16.2. The lowest BCUT2D eigenvalue weighted by molar-refractivity contribution is -0.461. The van der Waals surface area contributed by atoms with Crippen LogP contribution in [0, 0.1) is 11.8 Å². The lowest BCUT2D eigenvalue weighted by Crippen LogP contribution is -2.74. The first-order valence-electron chi connectivity index (χ1n) is 14.8. The molecule has 0 spiro atoms. The zero-order valence-corrected chi connectivity index (χ0v) is 28.8. The fourth-order valence-electron chi connectivity index (χ4n) is 3.65. The molecule has 0 amide bonds. The summed E-state index contributed by atoms with van der Waals surface area (Å²) >= 11 is 0. The third-order valence-corrected chi connectivity index (χ3v) is 7.65. The Balaban J connectivity index is 0. The van der Waals surface area contributed by atoms with Gasteiger partial charge in [-0.2, -0.15) is 149 Å². The van der Waals surface area contributed by atoms with Gasteiger partial charge in [0.15, 0.2) is 0 Å². The highest BCUT2D eigenvalue weighted by molar-refractivity contribution is 5.16. The van der Waals surface area contributed by atoms with E-state index in [1.807, 2.05) is 0 Å². The van der Waals surface area contributed by atoms with Crippen LogP contribution in [0.25, 0.3) is 0 Å². The quantitative estimate of drug-likeness (QED) is 0.120. The predicted octanol–water partition coefficient (Wildman–Crippen LogP) is 14.9. The summed E-state index contributed by atoms with van der Waals surface area (Å²) in [5.74, 6) is -113. The van der Waals surface area contributed by atoms with Crippen molar-refractivity contribution in [3.63, 3.8) is 0 Å². The van der Waals surface area contributed by atoms with Crippen LogP contribution in [0.15, 0.2) is 0 Å². The summed E-state index contributed by atoms with van der Waals surface area (Å²) in [4.78, 5) is 0. The highest BCUT2D eigenvalue weighted by Gasteiger charge is 2.96. The first kappa shape index (κ1) is 59.7. The normalized spacial score (nSPS) is 16.4. The predicted molar refractivity (Wildman–Crippen MR) is 130 cm³/mol. The molecule has 0 radical (unpaired) electrons. The molecule has 0 heterocycles. The van der Waals surface area contributed by atoms with Crippen molar-refractivity contribution in [2.45, 2.75) is 149 Å². The minimum Gasteiger partial charge on any atom is -0.200 e. The Bertz CT molecular complexity index is 1300. The van der Waals surface area contributed by atoms with Crippen LogP contribution in [0.2, 0.25) is 0 Å². The monoisotopic (exact) mass is 980 g/mol. The van der Waals surface area contributed by atoms with E-state index in [1.165, 1.54) is 0 Å². The molecule has 0 aliphatic rings. The Morgan fingerprint density at radius 2 is 0.350 bits per heavy atom. The second-order valence-electron chi connectivity index (χ2n) is 13.2. The first-order valence-corrected chi connectivity index (χ1v) is 14.8. The van der Waals surface area contributed by atoms with Crippen LogP contribution in [0.5, 0.6) is 0 Å². The molecule has 0 aromatic heterocycles. The summed E-state index contributed by atoms with van der Waals surface area (Å²) in [5, 5.41) is 0. The number of hydrogen-bond acceptors (Lipinski definition) is 0. The van der Waals surface area contributed by atoms with Gasteiger partial charge in [0, 0.05) is 12.8 Å². The topological polar surface area (TPSA) is 0 Å². The standard InChI is InChI=1S/2C13H11F17/c2*1-5(2)3-4-6(14,15)7(16,17)8(18,19)9(20,21)10(22,23)11(24,25)12(26,27)13(28,29)30/h2*5H,3-4H2,1-2H3. The average molecular weight is 980 g/mol. The average Bonchev–Trinajstić information content (AvgIpc) is 3.00. The van der Waals surface area contributed by atoms with Gasteiger partial charge >= 0.3 is 95.3 Å². The van der Waals surface area contributed by atoms with Crippen molar-refractivity contribution >= 4 is 0 Å². The van der Waals surface area contributed by atoms with Crippen molar-refractivity contribution in [2.75, 3.05) is 0 Å². The van der Waals surface area contributed by atoms with Gasteiger partial charge in [-0.15, -0.1) is 0 Å².